The van der Waals surface area contributed by atoms with Gasteiger partial charge < -0.3 is 20.3 Å². The summed E-state index contributed by atoms with van der Waals surface area (Å²) in [7, 11) is 0. The smallest absolute Gasteiger partial charge is 0.253 e. The molecule has 2 aromatic carbocycles. The Balaban J connectivity index is 1.50. The second-order valence-corrected chi connectivity index (χ2v) is 7.00. The van der Waals surface area contributed by atoms with Crippen LogP contribution in [0.2, 0.25) is 0 Å². The summed E-state index contributed by atoms with van der Waals surface area (Å²) in [5.74, 6) is -0.449. The number of benzene rings is 2. The monoisotopic (exact) mass is 394 g/mol. The van der Waals surface area contributed by atoms with Crippen molar-refractivity contribution in [2.24, 2.45) is 0 Å². The van der Waals surface area contributed by atoms with E-state index in [2.05, 4.69) is 10.6 Å². The van der Waals surface area contributed by atoms with Crippen LogP contribution in [0.15, 0.2) is 60.7 Å². The molecule has 0 aromatic heterocycles. The Labute approximate surface area is 171 Å². The van der Waals surface area contributed by atoms with E-state index in [9.17, 15) is 9.59 Å². The molecule has 0 unspecified atom stereocenters. The van der Waals surface area contributed by atoms with E-state index in [0.29, 0.717) is 17.8 Å². The van der Waals surface area contributed by atoms with Gasteiger partial charge in [-0.15, -0.1) is 0 Å². The molecule has 1 fully saturated rings. The van der Waals surface area contributed by atoms with Crippen LogP contribution >= 0.6 is 0 Å². The van der Waals surface area contributed by atoms with Crippen LogP contribution in [-0.4, -0.2) is 51.2 Å². The Bertz CT molecular complexity index is 830. The number of hydrogen-bond donors (Lipinski definition) is 3. The van der Waals surface area contributed by atoms with Gasteiger partial charge in [0.2, 0.25) is 5.91 Å². The molecule has 0 saturated carbocycles. The average Bonchev–Trinajstić information content (AvgIpc) is 2.77. The first kappa shape index (κ1) is 20.8. The molecule has 29 heavy (non-hydrogen) atoms. The Kier molecular flexibility index (Phi) is 7.98. The fraction of sp³-hybridized carbons (Fsp3) is 0.304. The molecule has 0 aliphatic carbocycles. The standard InChI is InChI=1S/C23H27N3O3/c27-22(12-11-19-7-2-1-3-8-19)25-21-10-5-4-9-20(21)23(28)24-13-6-14-26-15-17-29-18-16-26/h1-5,7-12H,6,13-18H2,(H,24,28)(H,25,27)/p+1/b12-11+. The third kappa shape index (κ3) is 6.85. The molecule has 1 aliphatic heterocycles. The molecule has 3 N–H and O–H groups in total. The minimum absolute atomic E-state index is 0.176. The van der Waals surface area contributed by atoms with Crippen molar-refractivity contribution in [3.8, 4) is 0 Å². The van der Waals surface area contributed by atoms with Crippen LogP contribution in [0.5, 0.6) is 0 Å². The number of amides is 2. The van der Waals surface area contributed by atoms with Gasteiger partial charge in [0.05, 0.1) is 31.0 Å². The molecule has 0 spiro atoms. The minimum Gasteiger partial charge on any atom is -0.370 e. The quantitative estimate of drug-likeness (QED) is 0.468. The SMILES string of the molecule is O=C(/C=C/c1ccccc1)Nc1ccccc1C(=O)NCCC[NH+]1CCOCC1. The van der Waals surface area contributed by atoms with Crippen molar-refractivity contribution in [2.75, 3.05) is 44.7 Å². The van der Waals surface area contributed by atoms with Crippen molar-refractivity contribution in [2.45, 2.75) is 6.42 Å². The Morgan fingerprint density at radius 3 is 2.52 bits per heavy atom. The molecular formula is C23H28N3O3+. The zero-order chi connectivity index (χ0) is 20.3. The number of morpholine rings is 1. The highest BCUT2D eigenvalue weighted by atomic mass is 16.5. The van der Waals surface area contributed by atoms with Gasteiger partial charge in [0.15, 0.2) is 0 Å². The lowest BCUT2D eigenvalue weighted by molar-refractivity contribution is -0.908. The van der Waals surface area contributed by atoms with Crippen molar-refractivity contribution in [3.05, 3.63) is 71.8 Å². The van der Waals surface area contributed by atoms with Crippen LogP contribution in [0.1, 0.15) is 22.3 Å². The predicted octanol–water partition coefficient (Wildman–Crippen LogP) is 1.37. The molecule has 1 heterocycles. The summed E-state index contributed by atoms with van der Waals surface area (Å²) < 4.78 is 5.36. The highest BCUT2D eigenvalue weighted by Gasteiger charge is 2.14. The number of carbonyl (C=O) groups excluding carboxylic acids is 2. The van der Waals surface area contributed by atoms with Gasteiger partial charge in [-0.2, -0.15) is 0 Å². The number of ether oxygens (including phenoxy) is 1. The summed E-state index contributed by atoms with van der Waals surface area (Å²) in [6, 6.07) is 16.6. The van der Waals surface area contributed by atoms with Crippen molar-refractivity contribution in [1.82, 2.24) is 5.32 Å². The predicted molar refractivity (Wildman–Crippen MR) is 114 cm³/mol. The Morgan fingerprint density at radius 2 is 1.72 bits per heavy atom. The van der Waals surface area contributed by atoms with Crippen molar-refractivity contribution < 1.29 is 19.2 Å². The third-order valence-electron chi connectivity index (χ3n) is 4.85. The lowest BCUT2D eigenvalue weighted by Crippen LogP contribution is -3.14. The molecule has 2 aromatic rings. The normalized spacial score (nSPS) is 14.6. The highest BCUT2D eigenvalue weighted by Crippen LogP contribution is 2.15. The summed E-state index contributed by atoms with van der Waals surface area (Å²) in [5.41, 5.74) is 1.91. The molecular weight excluding hydrogens is 366 g/mol. The fourth-order valence-electron chi connectivity index (χ4n) is 3.25. The van der Waals surface area contributed by atoms with Gasteiger partial charge in [0.25, 0.3) is 5.91 Å². The second-order valence-electron chi connectivity index (χ2n) is 7.00. The van der Waals surface area contributed by atoms with E-state index < -0.39 is 0 Å². The summed E-state index contributed by atoms with van der Waals surface area (Å²) in [5, 5.41) is 5.76. The van der Waals surface area contributed by atoms with E-state index in [4.69, 9.17) is 4.74 Å². The number of carbonyl (C=O) groups is 2. The minimum atomic E-state index is -0.273. The van der Waals surface area contributed by atoms with E-state index in [-0.39, 0.29) is 11.8 Å². The van der Waals surface area contributed by atoms with Gasteiger partial charge in [0, 0.05) is 19.0 Å². The lowest BCUT2D eigenvalue weighted by atomic mass is 10.1. The number of quaternary nitrogens is 1. The molecule has 152 valence electrons. The number of anilines is 1. The Hall–Kier alpha value is -2.96. The first-order valence-corrected chi connectivity index (χ1v) is 10.0. The number of para-hydroxylation sites is 1. The fourth-order valence-corrected chi connectivity index (χ4v) is 3.25. The largest absolute Gasteiger partial charge is 0.370 e. The van der Waals surface area contributed by atoms with E-state index in [0.717, 1.165) is 44.8 Å². The Morgan fingerprint density at radius 1 is 1.00 bits per heavy atom. The van der Waals surface area contributed by atoms with Gasteiger partial charge in [-0.1, -0.05) is 42.5 Å². The van der Waals surface area contributed by atoms with Gasteiger partial charge >= 0.3 is 0 Å². The molecule has 0 bridgehead atoms. The number of hydrogen-bond acceptors (Lipinski definition) is 3. The first-order valence-electron chi connectivity index (χ1n) is 10.0. The summed E-state index contributed by atoms with van der Waals surface area (Å²) in [4.78, 5) is 26.3. The van der Waals surface area contributed by atoms with Crippen LogP contribution in [0.4, 0.5) is 5.69 Å². The summed E-state index contributed by atoms with van der Waals surface area (Å²) >= 11 is 0. The maximum Gasteiger partial charge on any atom is 0.253 e. The number of nitrogens with one attached hydrogen (secondary N) is 3. The summed E-state index contributed by atoms with van der Waals surface area (Å²) in [6.45, 7) is 5.31. The van der Waals surface area contributed by atoms with Crippen LogP contribution in [0, 0.1) is 0 Å². The third-order valence-corrected chi connectivity index (χ3v) is 4.85. The van der Waals surface area contributed by atoms with E-state index in [1.807, 2.05) is 30.3 Å². The number of rotatable bonds is 8. The van der Waals surface area contributed by atoms with Crippen LogP contribution in [-0.2, 0) is 9.53 Å². The highest BCUT2D eigenvalue weighted by molar-refractivity contribution is 6.07. The summed E-state index contributed by atoms with van der Waals surface area (Å²) in [6.07, 6.45) is 4.12. The van der Waals surface area contributed by atoms with Crippen LogP contribution in [0.3, 0.4) is 0 Å². The molecule has 0 radical (unpaired) electrons. The maximum absolute atomic E-state index is 12.6. The van der Waals surface area contributed by atoms with Gasteiger partial charge in [-0.25, -0.2) is 0 Å². The molecule has 2 amide bonds. The second kappa shape index (κ2) is 11.1. The van der Waals surface area contributed by atoms with Gasteiger partial charge in [-0.05, 0) is 23.8 Å². The van der Waals surface area contributed by atoms with Crippen molar-refractivity contribution in [1.29, 1.82) is 0 Å². The maximum atomic E-state index is 12.6. The lowest BCUT2D eigenvalue weighted by Gasteiger charge is -2.23. The van der Waals surface area contributed by atoms with E-state index >= 15 is 0 Å². The molecule has 1 saturated heterocycles. The molecule has 1 aliphatic rings. The van der Waals surface area contributed by atoms with Gasteiger partial charge in [-0.3, -0.25) is 9.59 Å². The first-order chi connectivity index (χ1) is 14.2. The molecule has 6 heteroatoms. The topological polar surface area (TPSA) is 71.9 Å². The van der Waals surface area contributed by atoms with Crippen LogP contribution in [0.25, 0.3) is 6.08 Å². The van der Waals surface area contributed by atoms with E-state index in [1.54, 1.807) is 30.3 Å². The zero-order valence-electron chi connectivity index (χ0n) is 16.5. The van der Waals surface area contributed by atoms with Crippen molar-refractivity contribution >= 4 is 23.6 Å². The van der Waals surface area contributed by atoms with Crippen molar-refractivity contribution in [3.63, 3.8) is 0 Å². The molecule has 6 nitrogen and oxygen atoms in total. The zero-order valence-corrected chi connectivity index (χ0v) is 16.5. The van der Waals surface area contributed by atoms with E-state index in [1.165, 1.54) is 11.0 Å². The average molecular weight is 394 g/mol. The molecule has 0 atom stereocenters. The van der Waals surface area contributed by atoms with Gasteiger partial charge in [0.1, 0.15) is 13.1 Å². The van der Waals surface area contributed by atoms with Crippen LogP contribution < -0.4 is 15.5 Å². The molecule has 3 rings (SSSR count).